The Bertz CT molecular complexity index is 1850. The Kier molecular flexibility index (Phi) is 10.0. The van der Waals surface area contributed by atoms with Crippen molar-refractivity contribution in [3.8, 4) is 17.2 Å². The van der Waals surface area contributed by atoms with Crippen molar-refractivity contribution in [2.75, 3.05) is 48.8 Å². The fraction of sp³-hybridized carbons (Fsp3) is 0.278. The molecule has 6 rings (SSSR count). The summed E-state index contributed by atoms with van der Waals surface area (Å²) in [5.41, 5.74) is 3.57. The smallest absolute Gasteiger partial charge is 0.324 e. The lowest BCUT2D eigenvalue weighted by Crippen LogP contribution is -2.41. The van der Waals surface area contributed by atoms with Crippen LogP contribution in [0.2, 0.25) is 0 Å². The van der Waals surface area contributed by atoms with Crippen molar-refractivity contribution < 1.29 is 19.1 Å². The third-order valence-electron chi connectivity index (χ3n) is 7.90. The molecule has 11 nitrogen and oxygen atoms in total. The first-order valence-electron chi connectivity index (χ1n) is 15.9. The number of nitrogens with zero attached hydrogens (tertiary/aromatic N) is 4. The summed E-state index contributed by atoms with van der Waals surface area (Å²) in [6, 6.07) is 24.3. The molecule has 242 valence electrons. The number of carbonyl (C=O) groups is 2. The molecule has 0 aliphatic carbocycles. The zero-order valence-corrected chi connectivity index (χ0v) is 26.7. The van der Waals surface area contributed by atoms with E-state index in [-0.39, 0.29) is 18.5 Å². The summed E-state index contributed by atoms with van der Waals surface area (Å²) in [6.07, 6.45) is 4.50. The summed E-state index contributed by atoms with van der Waals surface area (Å²) >= 11 is 0. The van der Waals surface area contributed by atoms with Crippen LogP contribution in [0.15, 0.2) is 85.1 Å². The van der Waals surface area contributed by atoms with Gasteiger partial charge in [0, 0.05) is 42.2 Å². The van der Waals surface area contributed by atoms with Gasteiger partial charge in [-0.3, -0.25) is 15.0 Å². The summed E-state index contributed by atoms with van der Waals surface area (Å²) in [5.74, 6) is 1.97. The van der Waals surface area contributed by atoms with Crippen LogP contribution in [0.5, 0.6) is 11.5 Å². The van der Waals surface area contributed by atoms with E-state index in [1.807, 2.05) is 78.6 Å². The molecule has 1 aliphatic rings. The van der Waals surface area contributed by atoms with Crippen LogP contribution < -0.4 is 20.7 Å². The number of amides is 3. The lowest BCUT2D eigenvalue weighted by molar-refractivity contribution is -0.118. The van der Waals surface area contributed by atoms with E-state index in [4.69, 9.17) is 14.6 Å². The Morgan fingerprint density at radius 3 is 2.49 bits per heavy atom. The number of aryl methyl sites for hydroxylation is 2. The van der Waals surface area contributed by atoms with Gasteiger partial charge in [-0.15, -0.1) is 0 Å². The molecular formula is C36H39N7O4. The highest BCUT2D eigenvalue weighted by atomic mass is 16.5. The van der Waals surface area contributed by atoms with Gasteiger partial charge >= 0.3 is 6.03 Å². The van der Waals surface area contributed by atoms with Gasteiger partial charge in [0.2, 0.25) is 5.91 Å². The first kappa shape index (κ1) is 31.7. The van der Waals surface area contributed by atoms with Crippen LogP contribution in [0.3, 0.4) is 0 Å². The van der Waals surface area contributed by atoms with Crippen molar-refractivity contribution in [2.45, 2.75) is 33.1 Å². The van der Waals surface area contributed by atoms with E-state index in [9.17, 15) is 9.59 Å². The van der Waals surface area contributed by atoms with Gasteiger partial charge in [0.1, 0.15) is 23.1 Å². The number of rotatable bonds is 11. The highest BCUT2D eigenvalue weighted by Gasteiger charge is 2.17. The van der Waals surface area contributed by atoms with Crippen molar-refractivity contribution in [1.82, 2.24) is 19.7 Å². The second kappa shape index (κ2) is 14.9. The maximum Gasteiger partial charge on any atom is 0.324 e. The Morgan fingerprint density at radius 2 is 1.70 bits per heavy atom. The number of pyridine rings is 1. The molecule has 0 spiro atoms. The maximum atomic E-state index is 13.4. The molecule has 0 unspecified atom stereocenters. The second-order valence-corrected chi connectivity index (χ2v) is 11.5. The molecule has 0 saturated carbocycles. The minimum atomic E-state index is -0.384. The number of fused-ring (bicyclic) bond motifs is 1. The van der Waals surface area contributed by atoms with Gasteiger partial charge in [0.15, 0.2) is 0 Å². The number of urea groups is 1. The molecule has 0 radical (unpaired) electrons. The molecule has 3 N–H and O–H groups in total. The number of unbranched alkanes of at least 4 members (excludes halogenated alkanes) is 1. The molecule has 47 heavy (non-hydrogen) atoms. The molecule has 11 heteroatoms. The van der Waals surface area contributed by atoms with Gasteiger partial charge in [0.05, 0.1) is 36.8 Å². The predicted octanol–water partition coefficient (Wildman–Crippen LogP) is 6.78. The summed E-state index contributed by atoms with van der Waals surface area (Å²) in [6.45, 7) is 7.16. The van der Waals surface area contributed by atoms with Crippen LogP contribution in [0.25, 0.3) is 16.5 Å². The molecule has 3 heterocycles. The summed E-state index contributed by atoms with van der Waals surface area (Å²) < 4.78 is 13.4. The lowest BCUT2D eigenvalue weighted by atomic mass is 10.1. The topological polar surface area (TPSA) is 123 Å². The molecule has 3 aromatic carbocycles. The number of benzene rings is 3. The molecule has 0 atom stereocenters. The average Bonchev–Trinajstić information content (AvgIpc) is 3.47. The zero-order valence-electron chi connectivity index (χ0n) is 26.7. The predicted molar refractivity (Wildman–Crippen MR) is 184 cm³/mol. The summed E-state index contributed by atoms with van der Waals surface area (Å²) in [5, 5.41) is 15.3. The van der Waals surface area contributed by atoms with E-state index in [1.165, 1.54) is 0 Å². The fourth-order valence-electron chi connectivity index (χ4n) is 5.44. The van der Waals surface area contributed by atoms with Gasteiger partial charge in [0.25, 0.3) is 0 Å². The van der Waals surface area contributed by atoms with E-state index < -0.39 is 0 Å². The number of ether oxygens (including phenoxy) is 2. The SMILES string of the molecule is CCCCc1cc(NC(=O)Nc2ccc(Oc3ccnc(NC(=O)CN4CCOCC4)c3)c3ccccc23)n(-c2ccc(C)cc2)n1. The van der Waals surface area contributed by atoms with Crippen LogP contribution in [-0.2, 0) is 16.0 Å². The fourth-order valence-corrected chi connectivity index (χ4v) is 5.44. The number of hydrogen-bond donors (Lipinski definition) is 3. The summed E-state index contributed by atoms with van der Waals surface area (Å²) in [4.78, 5) is 32.3. The van der Waals surface area contributed by atoms with E-state index >= 15 is 0 Å². The van der Waals surface area contributed by atoms with Gasteiger partial charge in [-0.1, -0.05) is 55.3 Å². The number of nitrogens with one attached hydrogen (secondary N) is 3. The summed E-state index contributed by atoms with van der Waals surface area (Å²) in [7, 11) is 0. The van der Waals surface area contributed by atoms with Gasteiger partial charge in [-0.25, -0.2) is 14.5 Å². The second-order valence-electron chi connectivity index (χ2n) is 11.5. The number of anilines is 3. The van der Waals surface area contributed by atoms with Crippen LogP contribution in [0.4, 0.5) is 22.1 Å². The third-order valence-corrected chi connectivity index (χ3v) is 7.90. The van der Waals surface area contributed by atoms with Crippen molar-refractivity contribution >= 4 is 40.0 Å². The molecular weight excluding hydrogens is 594 g/mol. The lowest BCUT2D eigenvalue weighted by Gasteiger charge is -2.25. The van der Waals surface area contributed by atoms with Crippen LogP contribution in [0.1, 0.15) is 31.0 Å². The average molecular weight is 634 g/mol. The molecule has 1 fully saturated rings. The van der Waals surface area contributed by atoms with E-state index in [0.717, 1.165) is 60.1 Å². The van der Waals surface area contributed by atoms with E-state index in [2.05, 4.69) is 27.9 Å². The molecule has 1 saturated heterocycles. The van der Waals surface area contributed by atoms with Gasteiger partial charge in [-0.05, 0) is 50.1 Å². The first-order chi connectivity index (χ1) is 22.9. The Labute approximate surface area is 273 Å². The van der Waals surface area contributed by atoms with Crippen LogP contribution in [0, 0.1) is 6.92 Å². The van der Waals surface area contributed by atoms with Crippen molar-refractivity contribution in [3.05, 3.63) is 96.3 Å². The number of hydrogen-bond acceptors (Lipinski definition) is 7. The number of aromatic nitrogens is 3. The molecule has 0 bridgehead atoms. The largest absolute Gasteiger partial charge is 0.457 e. The quantitative estimate of drug-likeness (QED) is 0.147. The molecule has 5 aromatic rings. The molecule has 2 aromatic heterocycles. The molecule has 3 amide bonds. The Balaban J connectivity index is 1.17. The van der Waals surface area contributed by atoms with Crippen molar-refractivity contribution in [3.63, 3.8) is 0 Å². The van der Waals surface area contributed by atoms with Gasteiger partial charge in [-0.2, -0.15) is 5.10 Å². The Hall–Kier alpha value is -5.26. The number of carbonyl (C=O) groups excluding carboxylic acids is 2. The zero-order chi connectivity index (χ0) is 32.6. The molecule has 1 aliphatic heterocycles. The standard InChI is InChI=1S/C36H39N7O4/c1-3-4-7-26-22-34(43(41-26)27-12-10-25(2)11-13-27)40-36(45)38-31-14-15-32(30-9-6-5-8-29(30)31)47-28-16-17-37-33(23-28)39-35(44)24-42-18-20-46-21-19-42/h5-6,8-17,22-23H,3-4,7,18-21,24H2,1-2H3,(H,37,39,44)(H2,38,40,45). The van der Waals surface area contributed by atoms with Crippen LogP contribution >= 0.6 is 0 Å². The first-order valence-corrected chi connectivity index (χ1v) is 15.9. The van der Waals surface area contributed by atoms with Crippen LogP contribution in [-0.4, -0.2) is 64.5 Å². The highest BCUT2D eigenvalue weighted by molar-refractivity contribution is 6.07. The third kappa shape index (κ3) is 8.13. The van der Waals surface area contributed by atoms with Crippen molar-refractivity contribution in [1.29, 1.82) is 0 Å². The van der Waals surface area contributed by atoms with Gasteiger partial charge < -0.3 is 20.1 Å². The monoisotopic (exact) mass is 633 g/mol. The van der Waals surface area contributed by atoms with E-state index in [0.29, 0.717) is 42.0 Å². The Morgan fingerprint density at radius 1 is 0.915 bits per heavy atom. The van der Waals surface area contributed by atoms with Crippen molar-refractivity contribution in [2.24, 2.45) is 0 Å². The van der Waals surface area contributed by atoms with E-state index in [1.54, 1.807) is 23.0 Å². The highest BCUT2D eigenvalue weighted by Crippen LogP contribution is 2.35. The maximum absolute atomic E-state index is 13.4. The minimum absolute atomic E-state index is 0.144. The number of morpholine rings is 1. The minimum Gasteiger partial charge on any atom is -0.457 e. The normalized spacial score (nSPS) is 13.3.